The van der Waals surface area contributed by atoms with E-state index in [0.717, 1.165) is 16.5 Å². The summed E-state index contributed by atoms with van der Waals surface area (Å²) in [6.45, 7) is 2.24. The number of fused-ring (bicyclic) bond motifs is 1. The van der Waals surface area contributed by atoms with E-state index >= 15 is 0 Å². The van der Waals surface area contributed by atoms with Crippen molar-refractivity contribution >= 4 is 37.4 Å². The lowest BCUT2D eigenvalue weighted by Gasteiger charge is -2.07. The van der Waals surface area contributed by atoms with Crippen LogP contribution >= 0.6 is 27.3 Å². The van der Waals surface area contributed by atoms with Gasteiger partial charge in [0.15, 0.2) is 0 Å². The maximum Gasteiger partial charge on any atom is 0.0698 e. The molecule has 0 fully saturated rings. The quantitative estimate of drug-likeness (QED) is 0.882. The molecule has 0 atom stereocenters. The van der Waals surface area contributed by atoms with Crippen molar-refractivity contribution in [3.8, 4) is 0 Å². The van der Waals surface area contributed by atoms with Crippen LogP contribution in [0.1, 0.15) is 18.1 Å². The topological polar surface area (TPSA) is 20.2 Å². The Balaban J connectivity index is 2.82. The molecule has 0 amide bonds. The number of benzene rings is 1. The summed E-state index contributed by atoms with van der Waals surface area (Å²) in [5.74, 6) is 0. The average Bonchev–Trinajstić information content (AvgIpc) is 2.66. The molecule has 0 saturated heterocycles. The fourth-order valence-corrected chi connectivity index (χ4v) is 3.40. The number of aliphatic hydroxyl groups is 1. The molecule has 2 rings (SSSR count). The lowest BCUT2D eigenvalue weighted by atomic mass is 10.0. The first-order valence-corrected chi connectivity index (χ1v) is 6.23. The highest BCUT2D eigenvalue weighted by Crippen LogP contribution is 2.34. The van der Waals surface area contributed by atoms with Gasteiger partial charge in [-0.05, 0) is 35.1 Å². The third-order valence-electron chi connectivity index (χ3n) is 2.42. The molecule has 0 aliphatic rings. The summed E-state index contributed by atoms with van der Waals surface area (Å²) < 4.78 is 2.33. The van der Waals surface area contributed by atoms with Crippen molar-refractivity contribution < 1.29 is 5.11 Å². The Morgan fingerprint density at radius 1 is 1.50 bits per heavy atom. The van der Waals surface area contributed by atoms with Crippen LogP contribution in [0.3, 0.4) is 0 Å². The average molecular weight is 271 g/mol. The van der Waals surface area contributed by atoms with E-state index < -0.39 is 0 Å². The second kappa shape index (κ2) is 4.01. The molecule has 1 aromatic heterocycles. The van der Waals surface area contributed by atoms with Crippen LogP contribution in [0.15, 0.2) is 22.0 Å². The monoisotopic (exact) mass is 270 g/mol. The van der Waals surface area contributed by atoms with Gasteiger partial charge in [0, 0.05) is 14.6 Å². The van der Waals surface area contributed by atoms with E-state index in [1.807, 2.05) is 0 Å². The molecule has 0 spiro atoms. The van der Waals surface area contributed by atoms with Gasteiger partial charge < -0.3 is 5.11 Å². The number of halogens is 1. The van der Waals surface area contributed by atoms with E-state index in [1.165, 1.54) is 15.6 Å². The summed E-state index contributed by atoms with van der Waals surface area (Å²) in [4.78, 5) is 0. The molecule has 0 bridgehead atoms. The molecule has 0 unspecified atom stereocenters. The molecule has 1 N–H and O–H groups in total. The minimum Gasteiger partial charge on any atom is -0.392 e. The zero-order valence-corrected chi connectivity index (χ0v) is 10.3. The normalized spacial score (nSPS) is 11.1. The summed E-state index contributed by atoms with van der Waals surface area (Å²) in [6, 6.07) is 4.20. The van der Waals surface area contributed by atoms with Gasteiger partial charge in [0.1, 0.15) is 0 Å². The van der Waals surface area contributed by atoms with E-state index in [0.29, 0.717) is 0 Å². The maximum absolute atomic E-state index is 9.35. The summed E-state index contributed by atoms with van der Waals surface area (Å²) >= 11 is 5.25. The Hall–Kier alpha value is -0.380. The van der Waals surface area contributed by atoms with Gasteiger partial charge in [-0.3, -0.25) is 0 Å². The second-order valence-electron chi connectivity index (χ2n) is 3.17. The van der Waals surface area contributed by atoms with Crippen molar-refractivity contribution in [2.45, 2.75) is 20.0 Å². The SMILES string of the molecule is CCc1cc(Br)c2ccsc2c1CO. The Bertz CT molecular complexity index is 462. The first kappa shape index (κ1) is 10.1. The number of aliphatic hydroxyl groups excluding tert-OH is 1. The van der Waals surface area contributed by atoms with Crippen LogP contribution in [0.2, 0.25) is 0 Å². The largest absolute Gasteiger partial charge is 0.392 e. The maximum atomic E-state index is 9.35. The smallest absolute Gasteiger partial charge is 0.0698 e. The Kier molecular flexibility index (Phi) is 2.91. The first-order chi connectivity index (χ1) is 6.77. The Labute approximate surface area is 95.5 Å². The molecule has 1 heterocycles. The summed E-state index contributed by atoms with van der Waals surface area (Å²) in [5.41, 5.74) is 2.31. The minimum absolute atomic E-state index is 0.132. The van der Waals surface area contributed by atoms with Gasteiger partial charge in [-0.1, -0.05) is 22.9 Å². The van der Waals surface area contributed by atoms with E-state index in [4.69, 9.17) is 0 Å². The number of hydrogen-bond acceptors (Lipinski definition) is 2. The minimum atomic E-state index is 0.132. The zero-order chi connectivity index (χ0) is 10.1. The van der Waals surface area contributed by atoms with Crippen molar-refractivity contribution in [1.29, 1.82) is 0 Å². The van der Waals surface area contributed by atoms with Gasteiger partial charge in [-0.15, -0.1) is 11.3 Å². The van der Waals surface area contributed by atoms with Gasteiger partial charge in [0.05, 0.1) is 6.61 Å². The lowest BCUT2D eigenvalue weighted by Crippen LogP contribution is -1.92. The van der Waals surface area contributed by atoms with Crippen LogP contribution in [0.5, 0.6) is 0 Å². The number of hydrogen-bond donors (Lipinski definition) is 1. The van der Waals surface area contributed by atoms with Crippen molar-refractivity contribution in [3.05, 3.63) is 33.1 Å². The highest BCUT2D eigenvalue weighted by atomic mass is 79.9. The molecule has 14 heavy (non-hydrogen) atoms. The van der Waals surface area contributed by atoms with E-state index in [9.17, 15) is 5.11 Å². The molecule has 0 radical (unpaired) electrons. The molecule has 2 aromatic rings. The number of aryl methyl sites for hydroxylation is 1. The third-order valence-corrected chi connectivity index (χ3v) is 4.05. The van der Waals surface area contributed by atoms with Crippen LogP contribution < -0.4 is 0 Å². The van der Waals surface area contributed by atoms with Crippen molar-refractivity contribution in [3.63, 3.8) is 0 Å². The Morgan fingerprint density at radius 2 is 2.29 bits per heavy atom. The molecule has 0 saturated carbocycles. The van der Waals surface area contributed by atoms with Crippen LogP contribution in [-0.4, -0.2) is 5.11 Å². The van der Waals surface area contributed by atoms with E-state index in [-0.39, 0.29) is 6.61 Å². The first-order valence-electron chi connectivity index (χ1n) is 4.56. The molecule has 1 aromatic carbocycles. The van der Waals surface area contributed by atoms with Crippen LogP contribution in [0, 0.1) is 0 Å². The molecule has 3 heteroatoms. The summed E-state index contributed by atoms with van der Waals surface area (Å²) in [5, 5.41) is 12.6. The highest BCUT2D eigenvalue weighted by molar-refractivity contribution is 9.10. The predicted octanol–water partition coefficient (Wildman–Crippen LogP) is 3.72. The van der Waals surface area contributed by atoms with Gasteiger partial charge in [0.2, 0.25) is 0 Å². The summed E-state index contributed by atoms with van der Waals surface area (Å²) in [7, 11) is 0. The van der Waals surface area contributed by atoms with Crippen molar-refractivity contribution in [2.24, 2.45) is 0 Å². The molecular weight excluding hydrogens is 260 g/mol. The number of thiophene rings is 1. The summed E-state index contributed by atoms with van der Waals surface area (Å²) in [6.07, 6.45) is 0.961. The van der Waals surface area contributed by atoms with Gasteiger partial charge in [0.25, 0.3) is 0 Å². The molecule has 0 aliphatic carbocycles. The molecule has 1 nitrogen and oxygen atoms in total. The van der Waals surface area contributed by atoms with Crippen molar-refractivity contribution in [2.75, 3.05) is 0 Å². The third kappa shape index (κ3) is 1.49. The standard InChI is InChI=1S/C11H11BrOS/c1-2-7-5-10(12)8-3-4-14-11(8)9(7)6-13/h3-5,13H,2,6H2,1H3. The van der Waals surface area contributed by atoms with E-state index in [2.05, 4.69) is 40.4 Å². The molecule has 0 aliphatic heterocycles. The van der Waals surface area contributed by atoms with Gasteiger partial charge in [-0.2, -0.15) is 0 Å². The Morgan fingerprint density at radius 3 is 2.93 bits per heavy atom. The number of rotatable bonds is 2. The highest BCUT2D eigenvalue weighted by Gasteiger charge is 2.09. The van der Waals surface area contributed by atoms with Crippen LogP contribution in [0.25, 0.3) is 10.1 Å². The van der Waals surface area contributed by atoms with Crippen molar-refractivity contribution in [1.82, 2.24) is 0 Å². The fraction of sp³-hybridized carbons (Fsp3) is 0.273. The predicted molar refractivity (Wildman–Crippen MR) is 64.8 cm³/mol. The van der Waals surface area contributed by atoms with E-state index in [1.54, 1.807) is 11.3 Å². The zero-order valence-electron chi connectivity index (χ0n) is 7.88. The lowest BCUT2D eigenvalue weighted by molar-refractivity contribution is 0.282. The second-order valence-corrected chi connectivity index (χ2v) is 4.94. The van der Waals surface area contributed by atoms with Crippen LogP contribution in [0.4, 0.5) is 0 Å². The van der Waals surface area contributed by atoms with Gasteiger partial charge in [-0.25, -0.2) is 0 Å². The molecule has 74 valence electrons. The molecular formula is C11H11BrOS. The van der Waals surface area contributed by atoms with Gasteiger partial charge >= 0.3 is 0 Å². The fourth-order valence-electron chi connectivity index (χ4n) is 1.68. The van der Waals surface area contributed by atoms with Crippen LogP contribution in [-0.2, 0) is 13.0 Å².